The van der Waals surface area contributed by atoms with E-state index in [1.165, 1.54) is 12.5 Å². The minimum absolute atomic E-state index is 0.783. The van der Waals surface area contributed by atoms with Gasteiger partial charge in [0.25, 0.3) is 0 Å². The van der Waals surface area contributed by atoms with Gasteiger partial charge in [0.05, 0.1) is 0 Å². The zero-order chi connectivity index (χ0) is 10.2. The monoisotopic (exact) mass is 204 g/mol. The van der Waals surface area contributed by atoms with Crippen LogP contribution in [0.1, 0.15) is 12.8 Å². The van der Waals surface area contributed by atoms with Crippen LogP contribution in [0.15, 0.2) is 0 Å². The Hall–Kier alpha value is 0.0969. The molecule has 0 aromatic rings. The molecule has 0 aliphatic rings. The summed E-state index contributed by atoms with van der Waals surface area (Å²) in [7, 11) is 0.517. The van der Waals surface area contributed by atoms with Crippen LogP contribution in [0.2, 0.25) is 19.1 Å². The highest BCUT2D eigenvalue weighted by Gasteiger charge is 2.18. The Morgan fingerprint density at radius 2 is 1.85 bits per heavy atom. The Morgan fingerprint density at radius 1 is 1.23 bits per heavy atom. The van der Waals surface area contributed by atoms with Gasteiger partial charge in [-0.05, 0) is 51.6 Å². The van der Waals surface area contributed by atoms with Gasteiger partial charge >= 0.3 is 0 Å². The van der Waals surface area contributed by atoms with Crippen molar-refractivity contribution in [3.05, 3.63) is 0 Å². The largest absolute Gasteiger partial charge is 0.420 e. The fraction of sp³-hybridized carbons (Fsp3) is 1.00. The molecule has 4 heteroatoms. The maximum atomic E-state index is 5.46. The van der Waals surface area contributed by atoms with Crippen molar-refractivity contribution in [3.8, 4) is 0 Å². The highest BCUT2D eigenvalue weighted by molar-refractivity contribution is 6.71. The lowest BCUT2D eigenvalue weighted by Crippen LogP contribution is -2.30. The molecule has 80 valence electrons. The molecule has 0 aromatic heterocycles. The number of hydrogen-bond donors (Lipinski definition) is 2. The van der Waals surface area contributed by atoms with E-state index in [9.17, 15) is 0 Å². The Balaban J connectivity index is 3.16. The maximum absolute atomic E-state index is 5.46. The molecule has 0 heterocycles. The lowest BCUT2D eigenvalue weighted by Gasteiger charge is -2.19. The molecule has 0 spiro atoms. The van der Waals surface area contributed by atoms with Gasteiger partial charge < -0.3 is 15.5 Å². The summed E-state index contributed by atoms with van der Waals surface area (Å²) in [5.74, 6) is 0. The van der Waals surface area contributed by atoms with Crippen LogP contribution >= 0.6 is 0 Å². The van der Waals surface area contributed by atoms with Crippen LogP contribution in [0.3, 0.4) is 0 Å². The fourth-order valence-corrected chi connectivity index (χ4v) is 2.33. The third-order valence-electron chi connectivity index (χ3n) is 2.24. The number of rotatable bonds is 8. The molecule has 3 nitrogen and oxygen atoms in total. The first-order valence-corrected chi connectivity index (χ1v) is 8.20. The van der Waals surface area contributed by atoms with E-state index in [4.69, 9.17) is 10.2 Å². The van der Waals surface area contributed by atoms with E-state index < -0.39 is 8.32 Å². The second-order valence-electron chi connectivity index (χ2n) is 3.96. The first kappa shape index (κ1) is 13.1. The quantitative estimate of drug-likeness (QED) is 0.461. The number of hydrogen-bond acceptors (Lipinski definition) is 3. The van der Waals surface area contributed by atoms with E-state index in [1.807, 2.05) is 7.11 Å². The highest BCUT2D eigenvalue weighted by atomic mass is 28.4. The standard InChI is InChI=1S/C9H24N2OSi/c1-12-13(2,3)9-5-8-11-7-4-6-10/h11H,4-10H2,1-3H3. The molecule has 0 atom stereocenters. The van der Waals surface area contributed by atoms with Crippen molar-refractivity contribution in [2.45, 2.75) is 32.0 Å². The van der Waals surface area contributed by atoms with E-state index in [-0.39, 0.29) is 0 Å². The second kappa shape index (κ2) is 7.50. The van der Waals surface area contributed by atoms with E-state index >= 15 is 0 Å². The summed E-state index contributed by atoms with van der Waals surface area (Å²) >= 11 is 0. The minimum Gasteiger partial charge on any atom is -0.420 e. The van der Waals surface area contributed by atoms with E-state index in [0.717, 1.165) is 26.1 Å². The van der Waals surface area contributed by atoms with Crippen LogP contribution in [0.25, 0.3) is 0 Å². The normalized spacial score (nSPS) is 12.0. The Bertz CT molecular complexity index is 120. The third kappa shape index (κ3) is 8.43. The fourth-order valence-electron chi connectivity index (χ4n) is 1.09. The molecule has 3 N–H and O–H groups in total. The number of nitrogens with two attached hydrogens (primary N) is 1. The Labute approximate surface area is 83.2 Å². The summed E-state index contributed by atoms with van der Waals surface area (Å²) in [4.78, 5) is 0. The molecule has 0 rings (SSSR count). The summed E-state index contributed by atoms with van der Waals surface area (Å²) in [5, 5.41) is 3.37. The average Bonchev–Trinajstić information content (AvgIpc) is 2.11. The van der Waals surface area contributed by atoms with Gasteiger partial charge in [-0.25, -0.2) is 0 Å². The van der Waals surface area contributed by atoms with Crippen molar-refractivity contribution in [1.29, 1.82) is 0 Å². The lowest BCUT2D eigenvalue weighted by atomic mass is 10.4. The Kier molecular flexibility index (Phi) is 7.55. The SMILES string of the molecule is CO[Si](C)(C)CCCNCCCN. The van der Waals surface area contributed by atoms with Gasteiger partial charge in [-0.3, -0.25) is 0 Å². The molecule has 0 fully saturated rings. The molecule has 0 saturated heterocycles. The molecule has 0 aliphatic heterocycles. The molecular weight excluding hydrogens is 180 g/mol. The molecule has 0 aliphatic carbocycles. The van der Waals surface area contributed by atoms with Crippen molar-refractivity contribution in [1.82, 2.24) is 5.32 Å². The van der Waals surface area contributed by atoms with Gasteiger partial charge in [-0.2, -0.15) is 0 Å². The zero-order valence-electron chi connectivity index (χ0n) is 9.23. The van der Waals surface area contributed by atoms with Gasteiger partial charge in [0.2, 0.25) is 0 Å². The molecular formula is C9H24N2OSi. The molecule has 0 bridgehead atoms. The van der Waals surface area contributed by atoms with Crippen LogP contribution in [-0.2, 0) is 4.43 Å². The lowest BCUT2D eigenvalue weighted by molar-refractivity contribution is 0.401. The maximum Gasteiger partial charge on any atom is 0.186 e. The van der Waals surface area contributed by atoms with Crippen molar-refractivity contribution in [2.24, 2.45) is 5.73 Å². The van der Waals surface area contributed by atoms with Gasteiger partial charge in [-0.1, -0.05) is 0 Å². The highest BCUT2D eigenvalue weighted by Crippen LogP contribution is 2.11. The van der Waals surface area contributed by atoms with Gasteiger partial charge in [-0.15, -0.1) is 0 Å². The molecule has 13 heavy (non-hydrogen) atoms. The Morgan fingerprint density at radius 3 is 2.38 bits per heavy atom. The van der Waals surface area contributed by atoms with Crippen molar-refractivity contribution < 1.29 is 4.43 Å². The zero-order valence-corrected chi connectivity index (χ0v) is 10.2. The van der Waals surface area contributed by atoms with Crippen LogP contribution in [0.5, 0.6) is 0 Å². The van der Waals surface area contributed by atoms with E-state index in [2.05, 4.69) is 18.4 Å². The summed E-state index contributed by atoms with van der Waals surface area (Å²) < 4.78 is 5.46. The molecule has 0 radical (unpaired) electrons. The predicted molar refractivity (Wildman–Crippen MR) is 60.5 cm³/mol. The smallest absolute Gasteiger partial charge is 0.186 e. The third-order valence-corrected chi connectivity index (χ3v) is 4.91. The summed E-state index contributed by atoms with van der Waals surface area (Å²) in [5.41, 5.74) is 5.38. The summed E-state index contributed by atoms with van der Waals surface area (Å²) in [6, 6.07) is 1.24. The van der Waals surface area contributed by atoms with Crippen molar-refractivity contribution in [2.75, 3.05) is 26.7 Å². The van der Waals surface area contributed by atoms with Crippen LogP contribution in [0, 0.1) is 0 Å². The van der Waals surface area contributed by atoms with Crippen LogP contribution in [0.4, 0.5) is 0 Å². The van der Waals surface area contributed by atoms with E-state index in [0.29, 0.717) is 0 Å². The topological polar surface area (TPSA) is 47.3 Å². The van der Waals surface area contributed by atoms with E-state index in [1.54, 1.807) is 0 Å². The summed E-state index contributed by atoms with van der Waals surface area (Å²) in [6.45, 7) is 7.44. The van der Waals surface area contributed by atoms with Crippen LogP contribution < -0.4 is 11.1 Å². The minimum atomic E-state index is -1.31. The molecule has 0 aromatic carbocycles. The molecule has 0 saturated carbocycles. The van der Waals surface area contributed by atoms with Gasteiger partial charge in [0.15, 0.2) is 8.32 Å². The first-order chi connectivity index (χ1) is 6.12. The van der Waals surface area contributed by atoms with Gasteiger partial charge in [0, 0.05) is 7.11 Å². The number of nitrogens with one attached hydrogen (secondary N) is 1. The first-order valence-electron chi connectivity index (χ1n) is 5.08. The second-order valence-corrected chi connectivity index (χ2v) is 8.39. The van der Waals surface area contributed by atoms with Gasteiger partial charge in [0.1, 0.15) is 0 Å². The van der Waals surface area contributed by atoms with Crippen molar-refractivity contribution in [3.63, 3.8) is 0 Å². The predicted octanol–water partition coefficient (Wildman–Crippen LogP) is 1.17. The van der Waals surface area contributed by atoms with Crippen LogP contribution in [-0.4, -0.2) is 35.1 Å². The van der Waals surface area contributed by atoms with Crippen molar-refractivity contribution >= 4 is 8.32 Å². The summed E-state index contributed by atoms with van der Waals surface area (Å²) in [6.07, 6.45) is 2.29. The average molecular weight is 204 g/mol. The molecule has 0 amide bonds. The molecule has 0 unspecified atom stereocenters.